The van der Waals surface area contributed by atoms with Crippen LogP contribution in [0.2, 0.25) is 0 Å². The van der Waals surface area contributed by atoms with Crippen molar-refractivity contribution in [3.05, 3.63) is 89.2 Å². The van der Waals surface area contributed by atoms with Crippen molar-refractivity contribution in [3.63, 3.8) is 0 Å². The summed E-state index contributed by atoms with van der Waals surface area (Å²) in [5.41, 5.74) is 4.26. The van der Waals surface area contributed by atoms with Crippen molar-refractivity contribution in [1.29, 1.82) is 0 Å². The fourth-order valence-electron chi connectivity index (χ4n) is 4.03. The molecule has 0 bridgehead atoms. The quantitative estimate of drug-likeness (QED) is 0.585. The third kappa shape index (κ3) is 4.69. The Hall–Kier alpha value is -4.20. The predicted molar refractivity (Wildman–Crippen MR) is 120 cm³/mol. The molecule has 0 saturated heterocycles. The second-order valence-electron chi connectivity index (χ2n) is 7.73. The fourth-order valence-corrected chi connectivity index (χ4v) is 4.03. The molecule has 3 aromatic rings. The number of fused-ring (bicyclic) bond motifs is 3. The molecule has 0 heterocycles. The van der Waals surface area contributed by atoms with E-state index in [1.165, 1.54) is 13.1 Å². The van der Waals surface area contributed by atoms with E-state index in [2.05, 4.69) is 5.32 Å². The molecule has 1 aliphatic carbocycles. The number of benzene rings is 3. The molecule has 0 fully saturated rings. The molecule has 0 aliphatic heterocycles. The minimum absolute atomic E-state index is 0.0271. The van der Waals surface area contributed by atoms with E-state index in [0.29, 0.717) is 0 Å². The second-order valence-corrected chi connectivity index (χ2v) is 7.73. The Morgan fingerprint density at radius 3 is 2.21 bits per heavy atom. The van der Waals surface area contributed by atoms with Crippen molar-refractivity contribution in [2.45, 2.75) is 5.92 Å². The van der Waals surface area contributed by atoms with Crippen molar-refractivity contribution in [3.8, 4) is 11.1 Å². The SMILES string of the molecule is CN(CC(=O)O)C(=O)c1cc(F)cc(NC(=O)OCC2c3ccccc3-c3ccccc32)c1. The van der Waals surface area contributed by atoms with E-state index in [-0.39, 0.29) is 23.8 Å². The number of nitrogens with zero attached hydrogens (tertiary/aromatic N) is 1. The van der Waals surface area contributed by atoms with Crippen LogP contribution in [0.1, 0.15) is 27.4 Å². The molecule has 0 aromatic heterocycles. The number of hydrogen-bond acceptors (Lipinski definition) is 4. The summed E-state index contributed by atoms with van der Waals surface area (Å²) >= 11 is 0. The van der Waals surface area contributed by atoms with E-state index in [4.69, 9.17) is 9.84 Å². The van der Waals surface area contributed by atoms with Gasteiger partial charge in [-0.05, 0) is 40.5 Å². The summed E-state index contributed by atoms with van der Waals surface area (Å²) in [5, 5.41) is 11.3. The first kappa shape index (κ1) is 22.0. The smallest absolute Gasteiger partial charge is 0.411 e. The standard InChI is InChI=1S/C25H21FN2O5/c1-28(13-23(29)30)24(31)15-10-16(26)12-17(11-15)27-25(32)33-14-22-20-8-4-2-6-18(20)19-7-3-5-9-21(19)22/h2-12,22H,13-14H2,1H3,(H,27,32)(H,29,30). The summed E-state index contributed by atoms with van der Waals surface area (Å²) in [6, 6.07) is 19.1. The van der Waals surface area contributed by atoms with Gasteiger partial charge < -0.3 is 14.7 Å². The Kier molecular flexibility index (Phi) is 6.08. The maximum atomic E-state index is 14.0. The number of likely N-dealkylation sites (N-methyl/N-ethyl adjacent to an activating group) is 1. The van der Waals surface area contributed by atoms with Crippen molar-refractivity contribution in [2.24, 2.45) is 0 Å². The van der Waals surface area contributed by atoms with Gasteiger partial charge >= 0.3 is 12.1 Å². The zero-order valence-corrected chi connectivity index (χ0v) is 17.7. The number of carboxylic acids is 1. The van der Waals surface area contributed by atoms with Crippen LogP contribution in [0.4, 0.5) is 14.9 Å². The van der Waals surface area contributed by atoms with Gasteiger partial charge in [-0.3, -0.25) is 14.9 Å². The molecule has 0 saturated carbocycles. The Morgan fingerprint density at radius 2 is 1.61 bits per heavy atom. The van der Waals surface area contributed by atoms with Gasteiger partial charge in [0.05, 0.1) is 0 Å². The van der Waals surface area contributed by atoms with Gasteiger partial charge in [0.1, 0.15) is 19.0 Å². The van der Waals surface area contributed by atoms with Gasteiger partial charge in [0.15, 0.2) is 0 Å². The highest BCUT2D eigenvalue weighted by Crippen LogP contribution is 2.44. The molecule has 2 N–H and O–H groups in total. The molecule has 0 unspecified atom stereocenters. The van der Waals surface area contributed by atoms with Crippen molar-refractivity contribution >= 4 is 23.7 Å². The van der Waals surface area contributed by atoms with Crippen LogP contribution in [0.3, 0.4) is 0 Å². The zero-order valence-electron chi connectivity index (χ0n) is 17.7. The summed E-state index contributed by atoms with van der Waals surface area (Å²) in [6.07, 6.45) is -0.792. The first-order chi connectivity index (χ1) is 15.8. The lowest BCUT2D eigenvalue weighted by Crippen LogP contribution is -2.32. The van der Waals surface area contributed by atoms with Crippen LogP contribution in [0.5, 0.6) is 0 Å². The maximum absolute atomic E-state index is 14.0. The highest BCUT2D eigenvalue weighted by atomic mass is 19.1. The van der Waals surface area contributed by atoms with E-state index in [1.54, 1.807) is 0 Å². The number of halogens is 1. The molecule has 0 radical (unpaired) electrons. The summed E-state index contributed by atoms with van der Waals surface area (Å²) in [6.45, 7) is -0.452. The molecular weight excluding hydrogens is 427 g/mol. The number of carbonyl (C=O) groups excluding carboxylic acids is 2. The first-order valence-corrected chi connectivity index (χ1v) is 10.2. The Morgan fingerprint density at radius 1 is 1.00 bits per heavy atom. The molecule has 1 aliphatic rings. The van der Waals surface area contributed by atoms with E-state index in [1.807, 2.05) is 48.5 Å². The molecule has 2 amide bonds. The number of carboxylic acid groups (broad SMARTS) is 1. The van der Waals surface area contributed by atoms with Crippen LogP contribution in [0.25, 0.3) is 11.1 Å². The largest absolute Gasteiger partial charge is 0.480 e. The Labute approximate surface area is 189 Å². The average molecular weight is 448 g/mol. The molecule has 4 rings (SSSR count). The molecule has 8 heteroatoms. The Bertz CT molecular complexity index is 1200. The van der Waals surface area contributed by atoms with E-state index in [9.17, 15) is 18.8 Å². The molecule has 3 aromatic carbocycles. The molecule has 33 heavy (non-hydrogen) atoms. The van der Waals surface area contributed by atoms with Crippen molar-refractivity contribution < 1.29 is 28.6 Å². The minimum Gasteiger partial charge on any atom is -0.480 e. The molecule has 168 valence electrons. The highest BCUT2D eigenvalue weighted by molar-refractivity contribution is 5.97. The van der Waals surface area contributed by atoms with Gasteiger partial charge in [0.25, 0.3) is 5.91 Å². The van der Waals surface area contributed by atoms with E-state index in [0.717, 1.165) is 39.3 Å². The van der Waals surface area contributed by atoms with Gasteiger partial charge in [-0.1, -0.05) is 48.5 Å². The van der Waals surface area contributed by atoms with Crippen LogP contribution < -0.4 is 5.32 Å². The number of aliphatic carboxylic acids is 1. The van der Waals surface area contributed by atoms with Crippen LogP contribution >= 0.6 is 0 Å². The van der Waals surface area contributed by atoms with Gasteiger partial charge in [0, 0.05) is 24.2 Å². The lowest BCUT2D eigenvalue weighted by atomic mass is 9.98. The third-order valence-electron chi connectivity index (χ3n) is 5.45. The summed E-state index contributed by atoms with van der Waals surface area (Å²) in [4.78, 5) is 36.5. The number of carbonyl (C=O) groups is 3. The molecule has 7 nitrogen and oxygen atoms in total. The normalized spacial score (nSPS) is 11.9. The maximum Gasteiger partial charge on any atom is 0.411 e. The summed E-state index contributed by atoms with van der Waals surface area (Å²) < 4.78 is 19.5. The number of ether oxygens (including phenoxy) is 1. The van der Waals surface area contributed by atoms with Crippen LogP contribution in [-0.4, -0.2) is 48.2 Å². The van der Waals surface area contributed by atoms with Crippen molar-refractivity contribution in [1.82, 2.24) is 4.90 Å². The lowest BCUT2D eigenvalue weighted by molar-refractivity contribution is -0.137. The number of rotatable bonds is 6. The summed E-state index contributed by atoms with van der Waals surface area (Å²) in [5.74, 6) is -2.76. The lowest BCUT2D eigenvalue weighted by Gasteiger charge is -2.16. The first-order valence-electron chi connectivity index (χ1n) is 10.2. The monoisotopic (exact) mass is 448 g/mol. The summed E-state index contributed by atoms with van der Waals surface area (Å²) in [7, 11) is 1.29. The van der Waals surface area contributed by atoms with Gasteiger partial charge in [-0.2, -0.15) is 0 Å². The fraction of sp³-hybridized carbons (Fsp3) is 0.160. The van der Waals surface area contributed by atoms with Crippen LogP contribution in [0, 0.1) is 5.82 Å². The predicted octanol–water partition coefficient (Wildman–Crippen LogP) is 4.34. The van der Waals surface area contributed by atoms with Crippen molar-refractivity contribution in [2.75, 3.05) is 25.5 Å². The topological polar surface area (TPSA) is 95.9 Å². The molecule has 0 atom stereocenters. The highest BCUT2D eigenvalue weighted by Gasteiger charge is 2.29. The second kappa shape index (κ2) is 9.12. The van der Waals surface area contributed by atoms with E-state index < -0.39 is 30.3 Å². The van der Waals surface area contributed by atoms with Gasteiger partial charge in [-0.15, -0.1) is 0 Å². The van der Waals surface area contributed by atoms with Gasteiger partial charge in [-0.25, -0.2) is 9.18 Å². The average Bonchev–Trinajstić information content (AvgIpc) is 3.10. The zero-order chi connectivity index (χ0) is 23.5. The van der Waals surface area contributed by atoms with Crippen LogP contribution in [0.15, 0.2) is 66.7 Å². The molecule has 0 spiro atoms. The number of anilines is 1. The minimum atomic E-state index is -1.20. The number of amides is 2. The number of hydrogen-bond donors (Lipinski definition) is 2. The van der Waals surface area contributed by atoms with Crippen LogP contribution in [-0.2, 0) is 9.53 Å². The molecular formula is C25H21FN2O5. The van der Waals surface area contributed by atoms with E-state index >= 15 is 0 Å². The number of nitrogens with one attached hydrogen (secondary N) is 1. The third-order valence-corrected chi connectivity index (χ3v) is 5.45. The Balaban J connectivity index is 1.45. The van der Waals surface area contributed by atoms with Gasteiger partial charge in [0.2, 0.25) is 0 Å².